The van der Waals surface area contributed by atoms with Crippen molar-refractivity contribution < 1.29 is 14.3 Å². The fraction of sp³-hybridized carbons (Fsp3) is 0.333. The number of benzene rings is 1. The van der Waals surface area contributed by atoms with Crippen LogP contribution in [0.25, 0.3) is 0 Å². The molecule has 1 heterocycles. The monoisotopic (exact) mass is 253 g/mol. The molecule has 0 N–H and O–H groups in total. The molecule has 0 unspecified atom stereocenters. The number of carbonyl (C=O) groups excluding carboxylic acids is 2. The second kappa shape index (κ2) is 4.75. The first kappa shape index (κ1) is 11.9. The number of ether oxygens (including phenoxy) is 1. The van der Waals surface area contributed by atoms with Gasteiger partial charge in [0, 0.05) is 23.6 Å². The van der Waals surface area contributed by atoms with Crippen LogP contribution in [-0.2, 0) is 16.1 Å². The van der Waals surface area contributed by atoms with Gasteiger partial charge in [-0.15, -0.1) is 0 Å². The lowest BCUT2D eigenvalue weighted by molar-refractivity contribution is -0.140. The number of methoxy groups -OCH3 is 1. The van der Waals surface area contributed by atoms with Crippen LogP contribution in [0.15, 0.2) is 18.2 Å². The molecule has 0 spiro atoms. The van der Waals surface area contributed by atoms with E-state index in [4.69, 9.17) is 16.3 Å². The molecule has 0 radical (unpaired) electrons. The minimum absolute atomic E-state index is 0.283. The molecular weight excluding hydrogens is 242 g/mol. The number of ketones is 1. The Kier molecular flexibility index (Phi) is 3.33. The van der Waals surface area contributed by atoms with Gasteiger partial charge in [0.25, 0.3) is 5.91 Å². The number of hydrogen-bond donors (Lipinski definition) is 0. The molecular formula is C12H12ClNO3. The average Bonchev–Trinajstić information content (AvgIpc) is 2.63. The molecule has 1 aliphatic rings. The summed E-state index contributed by atoms with van der Waals surface area (Å²) in [4.78, 5) is 24.2. The van der Waals surface area contributed by atoms with Crippen molar-refractivity contribution in [3.63, 3.8) is 0 Å². The lowest BCUT2D eigenvalue weighted by Gasteiger charge is -2.17. The quantitative estimate of drug-likeness (QED) is 0.770. The Balaban J connectivity index is 2.24. The van der Waals surface area contributed by atoms with Gasteiger partial charge in [0.05, 0.1) is 13.7 Å². The first-order chi connectivity index (χ1) is 8.13. The zero-order valence-electron chi connectivity index (χ0n) is 9.40. The number of rotatable bonds is 3. The largest absolute Gasteiger partial charge is 0.496 e. The van der Waals surface area contributed by atoms with Crippen molar-refractivity contribution in [3.8, 4) is 5.75 Å². The van der Waals surface area contributed by atoms with E-state index in [1.54, 1.807) is 25.3 Å². The number of nitrogens with zero attached hydrogens (tertiary/aromatic N) is 1. The van der Waals surface area contributed by atoms with Gasteiger partial charge in [-0.25, -0.2) is 0 Å². The van der Waals surface area contributed by atoms with Crippen LogP contribution in [0.4, 0.5) is 0 Å². The van der Waals surface area contributed by atoms with Crippen molar-refractivity contribution in [2.45, 2.75) is 13.0 Å². The molecule has 2 rings (SSSR count). The van der Waals surface area contributed by atoms with Crippen molar-refractivity contribution in [2.75, 3.05) is 13.7 Å². The number of halogens is 1. The van der Waals surface area contributed by atoms with Crippen LogP contribution in [-0.4, -0.2) is 30.2 Å². The summed E-state index contributed by atoms with van der Waals surface area (Å²) in [6, 6.07) is 5.30. The highest BCUT2D eigenvalue weighted by Gasteiger charge is 2.30. The van der Waals surface area contributed by atoms with Crippen LogP contribution >= 0.6 is 11.6 Å². The van der Waals surface area contributed by atoms with Crippen LogP contribution in [0.3, 0.4) is 0 Å². The summed E-state index contributed by atoms with van der Waals surface area (Å²) >= 11 is 6.07. The first-order valence-corrected chi connectivity index (χ1v) is 5.64. The van der Waals surface area contributed by atoms with Crippen LogP contribution in [0.2, 0.25) is 5.02 Å². The molecule has 0 aromatic heterocycles. The maximum absolute atomic E-state index is 11.5. The molecule has 0 saturated carbocycles. The molecule has 1 fully saturated rings. The van der Waals surface area contributed by atoms with Gasteiger partial charge in [-0.05, 0) is 12.1 Å². The van der Waals surface area contributed by atoms with E-state index in [1.165, 1.54) is 4.90 Å². The lowest BCUT2D eigenvalue weighted by Crippen LogP contribution is -2.27. The van der Waals surface area contributed by atoms with E-state index in [0.29, 0.717) is 23.9 Å². The number of carbonyl (C=O) groups is 2. The van der Waals surface area contributed by atoms with Crippen molar-refractivity contribution >= 4 is 23.3 Å². The molecule has 1 aromatic rings. The van der Waals surface area contributed by atoms with Gasteiger partial charge in [-0.1, -0.05) is 17.7 Å². The second-order valence-electron chi connectivity index (χ2n) is 3.82. The molecule has 17 heavy (non-hydrogen) atoms. The Bertz CT molecular complexity index is 473. The van der Waals surface area contributed by atoms with Crippen molar-refractivity contribution in [2.24, 2.45) is 0 Å². The van der Waals surface area contributed by atoms with Crippen molar-refractivity contribution in [1.82, 2.24) is 4.90 Å². The fourth-order valence-corrected chi connectivity index (χ4v) is 2.07. The van der Waals surface area contributed by atoms with E-state index >= 15 is 0 Å². The van der Waals surface area contributed by atoms with E-state index in [2.05, 4.69) is 0 Å². The maximum atomic E-state index is 11.5. The van der Waals surface area contributed by atoms with E-state index in [1.807, 2.05) is 0 Å². The molecule has 0 aliphatic carbocycles. The fourth-order valence-electron chi connectivity index (χ4n) is 1.85. The standard InChI is InChI=1S/C12H12ClNO3/c1-17-11-4-2-3-9(13)8(11)7-14-6-5-10(15)12(14)16/h2-4H,5-7H2,1H3. The van der Waals surface area contributed by atoms with Crippen LogP contribution in [0.5, 0.6) is 5.75 Å². The Morgan fingerprint density at radius 1 is 1.41 bits per heavy atom. The third-order valence-corrected chi connectivity index (χ3v) is 3.13. The summed E-state index contributed by atoms with van der Waals surface area (Å²) in [5, 5.41) is 0.538. The Labute approximate surface area is 104 Å². The Hall–Kier alpha value is -1.55. The van der Waals surface area contributed by atoms with Gasteiger partial charge in [0.1, 0.15) is 5.75 Å². The highest BCUT2D eigenvalue weighted by molar-refractivity contribution is 6.38. The molecule has 5 heteroatoms. The predicted molar refractivity (Wildman–Crippen MR) is 63.0 cm³/mol. The Morgan fingerprint density at radius 2 is 2.18 bits per heavy atom. The molecule has 1 amide bonds. The smallest absolute Gasteiger partial charge is 0.290 e. The summed E-state index contributed by atoms with van der Waals surface area (Å²) in [5.41, 5.74) is 0.736. The molecule has 1 aromatic carbocycles. The molecule has 0 atom stereocenters. The maximum Gasteiger partial charge on any atom is 0.290 e. The van der Waals surface area contributed by atoms with E-state index in [0.717, 1.165) is 5.56 Å². The number of amides is 1. The van der Waals surface area contributed by atoms with Crippen molar-refractivity contribution in [1.29, 1.82) is 0 Å². The van der Waals surface area contributed by atoms with Gasteiger partial charge >= 0.3 is 0 Å². The summed E-state index contributed by atoms with van der Waals surface area (Å²) < 4.78 is 5.19. The highest BCUT2D eigenvalue weighted by atomic mass is 35.5. The number of Topliss-reactive ketones (excluding diaryl/α,β-unsaturated/α-hetero) is 1. The van der Waals surface area contributed by atoms with Crippen LogP contribution in [0.1, 0.15) is 12.0 Å². The van der Waals surface area contributed by atoms with Gasteiger partial charge in [0.15, 0.2) is 0 Å². The molecule has 0 bridgehead atoms. The first-order valence-electron chi connectivity index (χ1n) is 5.27. The van der Waals surface area contributed by atoms with Gasteiger partial charge in [0.2, 0.25) is 5.78 Å². The minimum atomic E-state index is -0.438. The van der Waals surface area contributed by atoms with Gasteiger partial charge in [-0.2, -0.15) is 0 Å². The lowest BCUT2D eigenvalue weighted by atomic mass is 10.2. The number of likely N-dealkylation sites (tertiary alicyclic amines) is 1. The minimum Gasteiger partial charge on any atom is -0.496 e. The van der Waals surface area contributed by atoms with Gasteiger partial charge < -0.3 is 9.64 Å². The van der Waals surface area contributed by atoms with E-state index in [9.17, 15) is 9.59 Å². The van der Waals surface area contributed by atoms with Crippen LogP contribution < -0.4 is 4.74 Å². The third-order valence-electron chi connectivity index (χ3n) is 2.78. The van der Waals surface area contributed by atoms with Crippen molar-refractivity contribution in [3.05, 3.63) is 28.8 Å². The van der Waals surface area contributed by atoms with E-state index < -0.39 is 5.91 Å². The summed E-state index contributed by atoms with van der Waals surface area (Å²) in [6.45, 7) is 0.763. The zero-order chi connectivity index (χ0) is 12.4. The Morgan fingerprint density at radius 3 is 2.76 bits per heavy atom. The average molecular weight is 254 g/mol. The van der Waals surface area contributed by atoms with Gasteiger partial charge in [-0.3, -0.25) is 9.59 Å². The predicted octanol–water partition coefficient (Wildman–Crippen LogP) is 1.65. The number of hydrogen-bond acceptors (Lipinski definition) is 3. The second-order valence-corrected chi connectivity index (χ2v) is 4.23. The summed E-state index contributed by atoms with van der Waals surface area (Å²) in [7, 11) is 1.55. The molecule has 1 aliphatic heterocycles. The SMILES string of the molecule is COc1cccc(Cl)c1CN1CCC(=O)C1=O. The topological polar surface area (TPSA) is 46.6 Å². The normalized spacial score (nSPS) is 15.5. The molecule has 1 saturated heterocycles. The van der Waals surface area contributed by atoms with Crippen LogP contribution in [0, 0.1) is 0 Å². The molecule has 4 nitrogen and oxygen atoms in total. The molecule has 90 valence electrons. The third kappa shape index (κ3) is 2.26. The summed E-state index contributed by atoms with van der Waals surface area (Å²) in [5.74, 6) is -0.146. The zero-order valence-corrected chi connectivity index (χ0v) is 10.2. The highest BCUT2D eigenvalue weighted by Crippen LogP contribution is 2.28. The van der Waals surface area contributed by atoms with E-state index in [-0.39, 0.29) is 12.2 Å². The summed E-state index contributed by atoms with van der Waals surface area (Å²) in [6.07, 6.45) is 0.283.